The Morgan fingerprint density at radius 3 is 2.73 bits per heavy atom. The van der Waals surface area contributed by atoms with Crippen LogP contribution in [0.15, 0.2) is 47.4 Å². The van der Waals surface area contributed by atoms with Crippen molar-refractivity contribution >= 4 is 21.6 Å². The molecule has 1 unspecified atom stereocenters. The van der Waals surface area contributed by atoms with Crippen LogP contribution in [0.2, 0.25) is 0 Å². The molecule has 3 rings (SSSR count). The van der Waals surface area contributed by atoms with Crippen LogP contribution in [0.5, 0.6) is 0 Å². The van der Waals surface area contributed by atoms with Crippen LogP contribution < -0.4 is 15.4 Å². The summed E-state index contributed by atoms with van der Waals surface area (Å²) in [4.78, 5) is 12.1. The Hall–Kier alpha value is -2.45. The van der Waals surface area contributed by atoms with Crippen molar-refractivity contribution in [2.75, 3.05) is 17.8 Å². The van der Waals surface area contributed by atoms with E-state index in [1.165, 1.54) is 24.3 Å². The molecule has 1 heterocycles. The maximum atomic E-state index is 13.7. The van der Waals surface area contributed by atoms with Gasteiger partial charge in [0.25, 0.3) is 15.9 Å². The molecular weight excluding hydrogens is 357 g/mol. The van der Waals surface area contributed by atoms with E-state index in [4.69, 9.17) is 0 Å². The lowest BCUT2D eigenvalue weighted by Crippen LogP contribution is -2.36. The minimum atomic E-state index is -3.95. The van der Waals surface area contributed by atoms with E-state index < -0.39 is 15.8 Å². The van der Waals surface area contributed by atoms with Crippen molar-refractivity contribution < 1.29 is 17.6 Å². The highest BCUT2D eigenvalue weighted by Crippen LogP contribution is 2.19. The molecule has 1 aliphatic rings. The van der Waals surface area contributed by atoms with Crippen LogP contribution in [0.4, 0.5) is 10.1 Å². The number of amides is 1. The molecule has 2 aromatic carbocycles. The van der Waals surface area contributed by atoms with Gasteiger partial charge in [-0.15, -0.1) is 0 Å². The molecular formula is C18H20FN3O3S. The summed E-state index contributed by atoms with van der Waals surface area (Å²) >= 11 is 0. The molecule has 6 nitrogen and oxygen atoms in total. The number of nitrogens with one attached hydrogen (secondary N) is 3. The van der Waals surface area contributed by atoms with Gasteiger partial charge in [-0.3, -0.25) is 9.52 Å². The first-order valence-electron chi connectivity index (χ1n) is 8.26. The summed E-state index contributed by atoms with van der Waals surface area (Å²) in [5.41, 5.74) is 0.958. The number of carbonyl (C=O) groups excluding carboxylic acids is 1. The molecule has 0 radical (unpaired) electrons. The molecule has 1 saturated heterocycles. The summed E-state index contributed by atoms with van der Waals surface area (Å²) in [6, 6.07) is 9.99. The highest BCUT2D eigenvalue weighted by Gasteiger charge is 2.19. The van der Waals surface area contributed by atoms with E-state index in [1.807, 2.05) is 0 Å². The van der Waals surface area contributed by atoms with Crippen LogP contribution in [-0.4, -0.2) is 33.5 Å². The van der Waals surface area contributed by atoms with Gasteiger partial charge >= 0.3 is 0 Å². The van der Waals surface area contributed by atoms with Crippen molar-refractivity contribution in [3.63, 3.8) is 0 Å². The second kappa shape index (κ2) is 7.43. The minimum absolute atomic E-state index is 0.0679. The first-order valence-corrected chi connectivity index (χ1v) is 9.74. The summed E-state index contributed by atoms with van der Waals surface area (Å²) in [5, 5.41) is 6.06. The first kappa shape index (κ1) is 18.3. The van der Waals surface area contributed by atoms with Gasteiger partial charge in [0.2, 0.25) is 0 Å². The molecule has 1 aliphatic heterocycles. The minimum Gasteiger partial charge on any atom is -0.348 e. The number of anilines is 1. The van der Waals surface area contributed by atoms with E-state index >= 15 is 0 Å². The number of hydrogen-bond donors (Lipinski definition) is 3. The van der Waals surface area contributed by atoms with E-state index in [0.717, 1.165) is 25.6 Å². The highest BCUT2D eigenvalue weighted by atomic mass is 32.2. The van der Waals surface area contributed by atoms with Gasteiger partial charge in [0, 0.05) is 23.8 Å². The lowest BCUT2D eigenvalue weighted by molar-refractivity contribution is 0.0940. The number of hydrogen-bond acceptors (Lipinski definition) is 4. The third-order valence-electron chi connectivity index (χ3n) is 4.23. The van der Waals surface area contributed by atoms with Crippen LogP contribution in [0, 0.1) is 12.7 Å². The largest absolute Gasteiger partial charge is 0.348 e. The van der Waals surface area contributed by atoms with Crippen molar-refractivity contribution in [2.45, 2.75) is 24.3 Å². The predicted octanol–water partition coefficient (Wildman–Crippen LogP) is 2.03. The van der Waals surface area contributed by atoms with Gasteiger partial charge in [0.1, 0.15) is 5.82 Å². The van der Waals surface area contributed by atoms with Gasteiger partial charge in [-0.1, -0.05) is 12.1 Å². The van der Waals surface area contributed by atoms with Crippen LogP contribution >= 0.6 is 0 Å². The Labute approximate surface area is 151 Å². The lowest BCUT2D eigenvalue weighted by atomic mass is 10.1. The van der Waals surface area contributed by atoms with Gasteiger partial charge < -0.3 is 10.6 Å². The fraction of sp³-hybridized carbons (Fsp3) is 0.278. The van der Waals surface area contributed by atoms with Crippen molar-refractivity contribution in [1.82, 2.24) is 10.6 Å². The normalized spacial score (nSPS) is 17.1. The van der Waals surface area contributed by atoms with Crippen molar-refractivity contribution in [3.8, 4) is 0 Å². The maximum absolute atomic E-state index is 13.7. The Bertz CT molecular complexity index is 925. The molecule has 2 aromatic rings. The summed E-state index contributed by atoms with van der Waals surface area (Å²) in [5.74, 6) is -0.854. The van der Waals surface area contributed by atoms with Gasteiger partial charge in [-0.2, -0.15) is 0 Å². The molecule has 0 aliphatic carbocycles. The van der Waals surface area contributed by atoms with E-state index in [9.17, 15) is 17.6 Å². The van der Waals surface area contributed by atoms with E-state index in [0.29, 0.717) is 11.1 Å². The SMILES string of the molecule is Cc1ccc(S(=O)(=O)Nc2cccc(C(=O)NC3CCNC3)c2)cc1F. The maximum Gasteiger partial charge on any atom is 0.261 e. The standard InChI is InChI=1S/C18H20FN3O3S/c1-12-5-6-16(10-17(12)19)26(24,25)22-14-4-2-3-13(9-14)18(23)21-15-7-8-20-11-15/h2-6,9-10,15,20,22H,7-8,11H2,1H3,(H,21,23). The van der Waals surface area contributed by atoms with E-state index in [-0.39, 0.29) is 22.5 Å². The number of sulfonamides is 1. The highest BCUT2D eigenvalue weighted by molar-refractivity contribution is 7.92. The smallest absolute Gasteiger partial charge is 0.261 e. The molecule has 0 aromatic heterocycles. The Balaban J connectivity index is 1.77. The molecule has 8 heteroatoms. The number of benzene rings is 2. The zero-order valence-electron chi connectivity index (χ0n) is 14.3. The number of rotatable bonds is 5. The van der Waals surface area contributed by atoms with E-state index in [1.54, 1.807) is 19.1 Å². The molecule has 0 saturated carbocycles. The van der Waals surface area contributed by atoms with Crippen molar-refractivity contribution in [3.05, 3.63) is 59.4 Å². The summed E-state index contributed by atoms with van der Waals surface area (Å²) in [6.45, 7) is 3.13. The van der Waals surface area contributed by atoms with Gasteiger partial charge in [-0.25, -0.2) is 12.8 Å². The molecule has 138 valence electrons. The van der Waals surface area contributed by atoms with Crippen LogP contribution in [0.1, 0.15) is 22.3 Å². The predicted molar refractivity (Wildman–Crippen MR) is 97.1 cm³/mol. The van der Waals surface area contributed by atoms with Crippen LogP contribution in [0.3, 0.4) is 0 Å². The second-order valence-corrected chi connectivity index (χ2v) is 7.94. The third-order valence-corrected chi connectivity index (χ3v) is 5.61. The van der Waals surface area contributed by atoms with Gasteiger partial charge in [0.15, 0.2) is 0 Å². The van der Waals surface area contributed by atoms with E-state index in [2.05, 4.69) is 15.4 Å². The number of halogens is 1. The van der Waals surface area contributed by atoms with Crippen molar-refractivity contribution in [2.24, 2.45) is 0 Å². The summed E-state index contributed by atoms with van der Waals surface area (Å²) in [6.07, 6.45) is 0.858. The lowest BCUT2D eigenvalue weighted by Gasteiger charge is -2.13. The Morgan fingerprint density at radius 2 is 2.04 bits per heavy atom. The molecule has 1 amide bonds. The molecule has 0 bridgehead atoms. The van der Waals surface area contributed by atoms with Gasteiger partial charge in [-0.05, 0) is 55.8 Å². The molecule has 26 heavy (non-hydrogen) atoms. The van der Waals surface area contributed by atoms with Crippen LogP contribution in [0.25, 0.3) is 0 Å². The molecule has 1 atom stereocenters. The Morgan fingerprint density at radius 1 is 1.23 bits per heavy atom. The number of carbonyl (C=O) groups is 1. The first-order chi connectivity index (χ1) is 12.3. The molecule has 0 spiro atoms. The number of aryl methyl sites for hydroxylation is 1. The van der Waals surface area contributed by atoms with Gasteiger partial charge in [0.05, 0.1) is 4.90 Å². The fourth-order valence-corrected chi connectivity index (χ4v) is 3.79. The topological polar surface area (TPSA) is 87.3 Å². The quantitative estimate of drug-likeness (QED) is 0.744. The molecule has 3 N–H and O–H groups in total. The monoisotopic (exact) mass is 377 g/mol. The fourth-order valence-electron chi connectivity index (χ4n) is 2.73. The summed E-state index contributed by atoms with van der Waals surface area (Å²) < 4.78 is 40.9. The zero-order chi connectivity index (χ0) is 18.7. The zero-order valence-corrected chi connectivity index (χ0v) is 15.1. The molecule has 1 fully saturated rings. The second-order valence-electron chi connectivity index (χ2n) is 6.26. The van der Waals surface area contributed by atoms with Crippen LogP contribution in [-0.2, 0) is 10.0 Å². The Kier molecular flexibility index (Phi) is 5.24. The average Bonchev–Trinajstić information content (AvgIpc) is 3.10. The average molecular weight is 377 g/mol. The van der Waals surface area contributed by atoms with Crippen molar-refractivity contribution in [1.29, 1.82) is 0 Å². The third kappa shape index (κ3) is 4.20. The summed E-state index contributed by atoms with van der Waals surface area (Å²) in [7, 11) is -3.95.